The highest BCUT2D eigenvalue weighted by Crippen LogP contribution is 2.23. The molecule has 0 unspecified atom stereocenters. The van der Waals surface area contributed by atoms with Crippen LogP contribution in [0.3, 0.4) is 0 Å². The Morgan fingerprint density at radius 1 is 1.08 bits per heavy atom. The molecule has 5 nitrogen and oxygen atoms in total. The quantitative estimate of drug-likeness (QED) is 0.557. The van der Waals surface area contributed by atoms with E-state index in [9.17, 15) is 13.2 Å². The third kappa shape index (κ3) is 4.52. The molecule has 0 bridgehead atoms. The van der Waals surface area contributed by atoms with E-state index in [0.29, 0.717) is 23.7 Å². The fraction of sp³-hybridized carbons (Fsp3) is 0.368. The maximum atomic E-state index is 12.6. The predicted molar refractivity (Wildman–Crippen MR) is 103 cm³/mol. The molecule has 0 spiro atoms. The molecule has 0 N–H and O–H groups in total. The van der Waals surface area contributed by atoms with Gasteiger partial charge in [0.15, 0.2) is 5.78 Å². The number of carbonyl (C=O) groups is 1. The van der Waals surface area contributed by atoms with E-state index in [1.165, 1.54) is 22.3 Å². The van der Waals surface area contributed by atoms with Crippen molar-refractivity contribution in [1.29, 1.82) is 0 Å². The number of ketones is 1. The summed E-state index contributed by atoms with van der Waals surface area (Å²) in [6, 6.07) is 10.7. The number of sulfonamides is 1. The Labute approximate surface area is 158 Å². The summed E-state index contributed by atoms with van der Waals surface area (Å²) in [5.74, 6) is 0.302. The Bertz CT molecular complexity index is 857. The zero-order valence-electron chi connectivity index (χ0n) is 14.7. The molecule has 2 aromatic rings. The maximum Gasteiger partial charge on any atom is 0.244 e. The lowest BCUT2D eigenvalue weighted by atomic mass is 10.1. The fourth-order valence-corrected chi connectivity index (χ4v) is 5.02. The molecule has 1 fully saturated rings. The van der Waals surface area contributed by atoms with E-state index in [2.05, 4.69) is 4.98 Å². The zero-order chi connectivity index (χ0) is 18.6. The number of aryl methyl sites for hydroxylation is 1. The molecule has 0 radical (unpaired) electrons. The number of aromatic nitrogens is 1. The SMILES string of the molecule is Cc1ccc(C(=O)CSc2ccc(S(=O)(=O)N3CCCCC3)cn2)cc1. The van der Waals surface area contributed by atoms with Gasteiger partial charge in [-0.05, 0) is 31.9 Å². The summed E-state index contributed by atoms with van der Waals surface area (Å²) in [5.41, 5.74) is 1.79. The normalized spacial score (nSPS) is 15.7. The fourth-order valence-electron chi connectivity index (χ4n) is 2.82. The average Bonchev–Trinajstić information content (AvgIpc) is 2.67. The van der Waals surface area contributed by atoms with Crippen LogP contribution in [-0.2, 0) is 10.0 Å². The van der Waals surface area contributed by atoms with E-state index in [1.807, 2.05) is 31.2 Å². The van der Waals surface area contributed by atoms with Crippen molar-refractivity contribution in [2.45, 2.75) is 36.1 Å². The molecule has 26 heavy (non-hydrogen) atoms. The third-order valence-electron chi connectivity index (χ3n) is 4.39. The van der Waals surface area contributed by atoms with E-state index in [-0.39, 0.29) is 16.4 Å². The number of pyridine rings is 1. The van der Waals surface area contributed by atoms with Crippen molar-refractivity contribution in [3.8, 4) is 0 Å². The Hall–Kier alpha value is -1.70. The summed E-state index contributed by atoms with van der Waals surface area (Å²) < 4.78 is 26.7. The molecule has 1 aliphatic rings. The van der Waals surface area contributed by atoms with Crippen molar-refractivity contribution in [2.24, 2.45) is 0 Å². The van der Waals surface area contributed by atoms with Crippen molar-refractivity contribution >= 4 is 27.6 Å². The van der Waals surface area contributed by atoms with Crippen molar-refractivity contribution in [2.75, 3.05) is 18.8 Å². The lowest BCUT2D eigenvalue weighted by Crippen LogP contribution is -2.35. The van der Waals surface area contributed by atoms with Gasteiger partial charge in [-0.25, -0.2) is 13.4 Å². The molecule has 0 aliphatic carbocycles. The first kappa shape index (κ1) is 19.1. The molecule has 1 saturated heterocycles. The molecule has 1 aliphatic heterocycles. The first-order chi connectivity index (χ1) is 12.5. The second-order valence-electron chi connectivity index (χ2n) is 6.37. The largest absolute Gasteiger partial charge is 0.293 e. The van der Waals surface area contributed by atoms with Gasteiger partial charge in [0.05, 0.1) is 10.8 Å². The standard InChI is InChI=1S/C19H22N2O3S2/c1-15-5-7-16(8-6-15)18(22)14-25-19-10-9-17(13-20-19)26(23,24)21-11-3-2-4-12-21/h5-10,13H,2-4,11-12,14H2,1H3. The van der Waals surface area contributed by atoms with E-state index in [1.54, 1.807) is 12.1 Å². The van der Waals surface area contributed by atoms with Crippen LogP contribution in [0.15, 0.2) is 52.5 Å². The summed E-state index contributed by atoms with van der Waals surface area (Å²) in [6.07, 6.45) is 4.28. The number of hydrogen-bond acceptors (Lipinski definition) is 5. The van der Waals surface area contributed by atoms with Crippen molar-refractivity contribution in [3.63, 3.8) is 0 Å². The van der Waals surface area contributed by atoms with E-state index in [4.69, 9.17) is 0 Å². The van der Waals surface area contributed by atoms with Gasteiger partial charge in [0, 0.05) is 24.8 Å². The highest BCUT2D eigenvalue weighted by Gasteiger charge is 2.26. The average molecular weight is 391 g/mol. The second-order valence-corrected chi connectivity index (χ2v) is 9.31. The summed E-state index contributed by atoms with van der Waals surface area (Å²) in [7, 11) is -3.46. The minimum atomic E-state index is -3.46. The molecular formula is C19H22N2O3S2. The maximum absolute atomic E-state index is 12.6. The van der Waals surface area contributed by atoms with Crippen molar-refractivity contribution in [1.82, 2.24) is 9.29 Å². The third-order valence-corrected chi connectivity index (χ3v) is 7.21. The molecule has 138 valence electrons. The molecule has 0 amide bonds. The molecule has 3 rings (SSSR count). The minimum Gasteiger partial charge on any atom is -0.293 e. The smallest absolute Gasteiger partial charge is 0.244 e. The number of hydrogen-bond donors (Lipinski definition) is 0. The van der Waals surface area contributed by atoms with Gasteiger partial charge >= 0.3 is 0 Å². The first-order valence-electron chi connectivity index (χ1n) is 8.66. The van der Waals surface area contributed by atoms with Crippen molar-refractivity contribution < 1.29 is 13.2 Å². The van der Waals surface area contributed by atoms with Gasteiger partial charge in [-0.15, -0.1) is 0 Å². The monoisotopic (exact) mass is 390 g/mol. The minimum absolute atomic E-state index is 0.0295. The Kier molecular flexibility index (Phi) is 6.11. The number of rotatable bonds is 6. The van der Waals surface area contributed by atoms with Gasteiger partial charge in [0.1, 0.15) is 4.90 Å². The first-order valence-corrected chi connectivity index (χ1v) is 11.1. The topological polar surface area (TPSA) is 67.3 Å². The van der Waals surface area contributed by atoms with Crippen LogP contribution >= 0.6 is 11.8 Å². The molecule has 1 aromatic heterocycles. The van der Waals surface area contributed by atoms with Gasteiger partial charge in [-0.1, -0.05) is 48.0 Å². The number of piperidine rings is 1. The van der Waals surface area contributed by atoms with Crippen LogP contribution in [0.2, 0.25) is 0 Å². The number of Topliss-reactive ketones (excluding diaryl/α,β-unsaturated/α-hetero) is 1. The summed E-state index contributed by atoms with van der Waals surface area (Å²) in [5, 5.41) is 0.642. The lowest BCUT2D eigenvalue weighted by molar-refractivity contribution is 0.102. The van der Waals surface area contributed by atoms with Crippen LogP contribution < -0.4 is 0 Å². The van der Waals surface area contributed by atoms with Gasteiger partial charge in [0.25, 0.3) is 0 Å². The van der Waals surface area contributed by atoms with Crippen LogP contribution in [0.1, 0.15) is 35.2 Å². The van der Waals surface area contributed by atoms with Gasteiger partial charge in [-0.2, -0.15) is 4.31 Å². The second kappa shape index (κ2) is 8.33. The van der Waals surface area contributed by atoms with E-state index < -0.39 is 10.0 Å². The molecule has 7 heteroatoms. The lowest BCUT2D eigenvalue weighted by Gasteiger charge is -2.25. The molecule has 0 saturated carbocycles. The number of thioether (sulfide) groups is 1. The summed E-state index contributed by atoms with van der Waals surface area (Å²) in [4.78, 5) is 16.7. The highest BCUT2D eigenvalue weighted by molar-refractivity contribution is 7.99. The van der Waals surface area contributed by atoms with Crippen LogP contribution in [-0.4, -0.2) is 42.3 Å². The van der Waals surface area contributed by atoms with Crippen LogP contribution in [0, 0.1) is 6.92 Å². The van der Waals surface area contributed by atoms with Crippen LogP contribution in [0.25, 0.3) is 0 Å². The van der Waals surface area contributed by atoms with E-state index in [0.717, 1.165) is 24.8 Å². The molecule has 0 atom stereocenters. The Morgan fingerprint density at radius 2 is 1.77 bits per heavy atom. The molecule has 2 heterocycles. The number of nitrogens with zero attached hydrogens (tertiary/aromatic N) is 2. The molecule has 1 aromatic carbocycles. The summed E-state index contributed by atoms with van der Waals surface area (Å²) >= 11 is 1.31. The zero-order valence-corrected chi connectivity index (χ0v) is 16.4. The van der Waals surface area contributed by atoms with Crippen molar-refractivity contribution in [3.05, 3.63) is 53.7 Å². The Morgan fingerprint density at radius 3 is 2.38 bits per heavy atom. The van der Waals surface area contributed by atoms with Gasteiger partial charge in [-0.3, -0.25) is 4.79 Å². The van der Waals surface area contributed by atoms with Crippen LogP contribution in [0.4, 0.5) is 0 Å². The summed E-state index contributed by atoms with van der Waals surface area (Å²) in [6.45, 7) is 3.13. The highest BCUT2D eigenvalue weighted by atomic mass is 32.2. The Balaban J connectivity index is 1.62. The molecular weight excluding hydrogens is 368 g/mol. The van der Waals surface area contributed by atoms with Crippen LogP contribution in [0.5, 0.6) is 0 Å². The van der Waals surface area contributed by atoms with Gasteiger partial charge < -0.3 is 0 Å². The van der Waals surface area contributed by atoms with Gasteiger partial charge in [0.2, 0.25) is 10.0 Å². The number of carbonyl (C=O) groups excluding carboxylic acids is 1. The van der Waals surface area contributed by atoms with E-state index >= 15 is 0 Å². The number of benzene rings is 1. The predicted octanol–water partition coefficient (Wildman–Crippen LogP) is 3.54.